The predicted molar refractivity (Wildman–Crippen MR) is 113 cm³/mol. The van der Waals surface area contributed by atoms with Gasteiger partial charge in [-0.15, -0.1) is 10.2 Å². The normalized spacial score (nSPS) is 32.6. The summed E-state index contributed by atoms with van der Waals surface area (Å²) in [6.07, 6.45) is 11.3. The number of Topliss-reactive ketones (excluding diaryl/α,β-unsaturated/α-hetero) is 1. The highest BCUT2D eigenvalue weighted by atomic mass is 32.2. The molecule has 0 amide bonds. The maximum atomic E-state index is 13.1. The molecule has 6 heteroatoms. The van der Waals surface area contributed by atoms with E-state index in [1.54, 1.807) is 23.1 Å². The minimum absolute atomic E-state index is 0.0174. The molecule has 0 unspecified atom stereocenters. The van der Waals surface area contributed by atoms with Crippen LogP contribution in [-0.4, -0.2) is 28.3 Å². The molecule has 1 atom stereocenters. The van der Waals surface area contributed by atoms with Gasteiger partial charge in [0, 0.05) is 12.0 Å². The monoisotopic (exact) mass is 407 g/mol. The van der Waals surface area contributed by atoms with Crippen LogP contribution in [-0.2, 0) is 4.79 Å². The minimum Gasteiger partial charge on any atom is -0.360 e. The van der Waals surface area contributed by atoms with E-state index in [0.29, 0.717) is 11.5 Å². The van der Waals surface area contributed by atoms with Crippen molar-refractivity contribution in [2.24, 2.45) is 29.1 Å². The molecule has 0 spiro atoms. The number of aromatic nitrogens is 2. The van der Waals surface area contributed by atoms with E-state index in [1.165, 1.54) is 57.8 Å². The first-order valence-electron chi connectivity index (χ1n) is 10.8. The third kappa shape index (κ3) is 4.52. The average Bonchev–Trinajstić information content (AvgIpc) is 3.09. The van der Waals surface area contributed by atoms with Crippen molar-refractivity contribution in [1.29, 1.82) is 0 Å². The Balaban J connectivity index is 1.24. The zero-order chi connectivity index (χ0) is 18.9. The maximum absolute atomic E-state index is 13.1. The van der Waals surface area contributed by atoms with Crippen LogP contribution < -0.4 is 5.32 Å². The van der Waals surface area contributed by atoms with Crippen LogP contribution in [0.15, 0.2) is 4.34 Å². The van der Waals surface area contributed by atoms with Gasteiger partial charge in [0.1, 0.15) is 5.78 Å². The number of carbonyl (C=O) groups excluding carboxylic acids is 1. The van der Waals surface area contributed by atoms with Gasteiger partial charge >= 0.3 is 0 Å². The van der Waals surface area contributed by atoms with Gasteiger partial charge in [0.2, 0.25) is 5.13 Å². The zero-order valence-corrected chi connectivity index (χ0v) is 18.3. The number of hydrogen-bond donors (Lipinski definition) is 1. The van der Waals surface area contributed by atoms with E-state index in [-0.39, 0.29) is 5.41 Å². The molecule has 4 bridgehead atoms. The Kier molecular flexibility index (Phi) is 6.12. The first kappa shape index (κ1) is 19.7. The molecule has 5 rings (SSSR count). The maximum Gasteiger partial charge on any atom is 0.206 e. The van der Waals surface area contributed by atoms with E-state index in [0.717, 1.165) is 39.7 Å². The first-order valence-corrected chi connectivity index (χ1v) is 12.6. The van der Waals surface area contributed by atoms with Gasteiger partial charge in [-0.2, -0.15) is 0 Å². The van der Waals surface area contributed by atoms with E-state index in [1.807, 2.05) is 0 Å². The molecule has 0 aromatic carbocycles. The summed E-state index contributed by atoms with van der Waals surface area (Å²) >= 11 is 3.20. The molecule has 1 N–H and O–H groups in total. The van der Waals surface area contributed by atoms with Crippen LogP contribution in [0.25, 0.3) is 0 Å². The van der Waals surface area contributed by atoms with Gasteiger partial charge in [0.15, 0.2) is 4.34 Å². The molecule has 0 aliphatic heterocycles. The molecule has 4 saturated carbocycles. The fraction of sp³-hybridized carbons (Fsp3) is 0.857. The number of anilines is 1. The molecule has 27 heavy (non-hydrogen) atoms. The van der Waals surface area contributed by atoms with E-state index in [4.69, 9.17) is 0 Å². The highest BCUT2D eigenvalue weighted by Crippen LogP contribution is 2.60. The van der Waals surface area contributed by atoms with Gasteiger partial charge in [0.25, 0.3) is 0 Å². The summed E-state index contributed by atoms with van der Waals surface area (Å²) in [4.78, 5) is 13.1. The van der Waals surface area contributed by atoms with Crippen LogP contribution in [0.3, 0.4) is 0 Å². The van der Waals surface area contributed by atoms with Crippen LogP contribution in [0, 0.1) is 29.1 Å². The third-order valence-electron chi connectivity index (χ3n) is 7.21. The van der Waals surface area contributed by atoms with Gasteiger partial charge < -0.3 is 5.32 Å². The number of ketones is 1. The second kappa shape index (κ2) is 8.40. The van der Waals surface area contributed by atoms with Gasteiger partial charge in [-0.3, -0.25) is 4.79 Å². The molecule has 4 nitrogen and oxygen atoms in total. The summed E-state index contributed by atoms with van der Waals surface area (Å²) < 4.78 is 0.928. The standard InChI is InChI=1S/C21H33N3OS2/c1-3-14(2)5-4-6-22-19-23-24-20(27-19)26-13-18(25)21-10-15-7-16(11-21)9-17(8-15)12-21/h14-17H,3-13H2,1-2H3,(H,22,23)/t14-,15?,16?,17?,21?/m1/s1. The average molecular weight is 408 g/mol. The third-order valence-corrected chi connectivity index (χ3v) is 9.22. The molecule has 150 valence electrons. The van der Waals surface area contributed by atoms with E-state index in [9.17, 15) is 4.79 Å². The number of nitrogens with zero attached hydrogens (tertiary/aromatic N) is 2. The Morgan fingerprint density at radius 2 is 1.89 bits per heavy atom. The molecule has 4 fully saturated rings. The van der Waals surface area contributed by atoms with Gasteiger partial charge in [-0.05, 0) is 75.0 Å². The van der Waals surface area contributed by atoms with E-state index >= 15 is 0 Å². The Morgan fingerprint density at radius 1 is 1.22 bits per heavy atom. The quantitative estimate of drug-likeness (QED) is 0.401. The predicted octanol–water partition coefficient (Wildman–Crippen LogP) is 5.65. The lowest BCUT2D eigenvalue weighted by Gasteiger charge is -2.56. The summed E-state index contributed by atoms with van der Waals surface area (Å²) in [6.45, 7) is 5.51. The largest absolute Gasteiger partial charge is 0.360 e. The van der Waals surface area contributed by atoms with Crippen molar-refractivity contribution in [3.8, 4) is 0 Å². The van der Waals surface area contributed by atoms with Crippen LogP contribution in [0.2, 0.25) is 0 Å². The lowest BCUT2D eigenvalue weighted by Crippen LogP contribution is -2.50. The highest BCUT2D eigenvalue weighted by molar-refractivity contribution is 8.01. The first-order chi connectivity index (χ1) is 13.1. The Labute approximate surface area is 171 Å². The summed E-state index contributed by atoms with van der Waals surface area (Å²) in [5.74, 6) is 4.36. The van der Waals surface area contributed by atoms with E-state index in [2.05, 4.69) is 29.4 Å². The number of hydrogen-bond acceptors (Lipinski definition) is 6. The smallest absolute Gasteiger partial charge is 0.206 e. The van der Waals surface area contributed by atoms with Crippen molar-refractivity contribution in [2.75, 3.05) is 17.6 Å². The lowest BCUT2D eigenvalue weighted by atomic mass is 9.48. The highest BCUT2D eigenvalue weighted by Gasteiger charge is 2.54. The Bertz CT molecular complexity index is 624. The topological polar surface area (TPSA) is 54.9 Å². The second-order valence-corrected chi connectivity index (χ2v) is 11.6. The zero-order valence-electron chi connectivity index (χ0n) is 16.7. The van der Waals surface area contributed by atoms with Crippen molar-refractivity contribution in [3.05, 3.63) is 0 Å². The van der Waals surface area contributed by atoms with Crippen LogP contribution in [0.5, 0.6) is 0 Å². The molecule has 4 aliphatic rings. The fourth-order valence-electron chi connectivity index (χ4n) is 5.92. The van der Waals surface area contributed by atoms with Gasteiger partial charge in [-0.1, -0.05) is 43.4 Å². The van der Waals surface area contributed by atoms with Crippen molar-refractivity contribution >= 4 is 34.0 Å². The van der Waals surface area contributed by atoms with Crippen molar-refractivity contribution in [3.63, 3.8) is 0 Å². The summed E-state index contributed by atoms with van der Waals surface area (Å²) in [5.41, 5.74) is 0.0174. The summed E-state index contributed by atoms with van der Waals surface area (Å²) in [5, 5.41) is 12.8. The van der Waals surface area contributed by atoms with Crippen LogP contribution >= 0.6 is 23.1 Å². The number of carbonyl (C=O) groups is 1. The number of thioether (sulfide) groups is 1. The molecular weight excluding hydrogens is 374 g/mol. The van der Waals surface area contributed by atoms with Gasteiger partial charge in [-0.25, -0.2) is 0 Å². The number of nitrogens with one attached hydrogen (secondary N) is 1. The van der Waals surface area contributed by atoms with Crippen molar-refractivity contribution < 1.29 is 4.79 Å². The Morgan fingerprint density at radius 3 is 2.52 bits per heavy atom. The molecule has 4 aliphatic carbocycles. The lowest BCUT2D eigenvalue weighted by molar-refractivity contribution is -0.141. The molecule has 0 radical (unpaired) electrons. The molecule has 0 saturated heterocycles. The second-order valence-electron chi connectivity index (χ2n) is 9.37. The molecule has 1 aromatic rings. The SMILES string of the molecule is CC[C@@H](C)CCCNc1nnc(SCC(=O)C23CC4CC(CC(C4)C2)C3)s1. The minimum atomic E-state index is 0.0174. The summed E-state index contributed by atoms with van der Waals surface area (Å²) in [6, 6.07) is 0. The Hall–Kier alpha value is -0.620. The molecule has 1 heterocycles. The van der Waals surface area contributed by atoms with E-state index < -0.39 is 0 Å². The summed E-state index contributed by atoms with van der Waals surface area (Å²) in [7, 11) is 0. The molecular formula is C21H33N3OS2. The fourth-order valence-corrected chi connectivity index (χ4v) is 7.73. The van der Waals surface area contributed by atoms with Crippen LogP contribution in [0.4, 0.5) is 5.13 Å². The molecule has 1 aromatic heterocycles. The van der Waals surface area contributed by atoms with Crippen molar-refractivity contribution in [1.82, 2.24) is 10.2 Å². The number of rotatable bonds is 10. The van der Waals surface area contributed by atoms with Gasteiger partial charge in [0.05, 0.1) is 5.75 Å². The van der Waals surface area contributed by atoms with Crippen molar-refractivity contribution in [2.45, 2.75) is 76.0 Å². The van der Waals surface area contributed by atoms with Crippen LogP contribution in [0.1, 0.15) is 71.6 Å².